The quantitative estimate of drug-likeness (QED) is 0.783. The van der Waals surface area contributed by atoms with Crippen molar-refractivity contribution in [2.45, 2.75) is 0 Å². The Morgan fingerprint density at radius 3 is 2.37 bits per heavy atom. The molecule has 6 nitrogen and oxygen atoms in total. The third-order valence-corrected chi connectivity index (χ3v) is 2.63. The second-order valence-electron chi connectivity index (χ2n) is 4.34. The number of aromatic carboxylic acids is 1. The normalized spacial score (nSPS) is 10.1. The van der Waals surface area contributed by atoms with Crippen molar-refractivity contribution in [3.63, 3.8) is 0 Å². The summed E-state index contributed by atoms with van der Waals surface area (Å²) in [6, 6.07) is 2.06. The molecule has 0 spiro atoms. The van der Waals surface area contributed by atoms with E-state index in [1.807, 2.05) is 0 Å². The minimum atomic E-state index is -1.24. The summed E-state index contributed by atoms with van der Waals surface area (Å²) in [5, 5.41) is 8.94. The molecule has 0 aliphatic heterocycles. The topological polar surface area (TPSA) is 86.9 Å². The van der Waals surface area contributed by atoms with Gasteiger partial charge in [-0.2, -0.15) is 0 Å². The summed E-state index contributed by atoms with van der Waals surface area (Å²) < 4.78 is 13.8. The van der Waals surface area contributed by atoms with E-state index in [1.165, 1.54) is 16.8 Å². The van der Waals surface area contributed by atoms with E-state index < -0.39 is 11.8 Å². The molecule has 0 atom stereocenters. The Morgan fingerprint density at radius 1 is 1.32 bits per heavy atom. The molecule has 7 heteroatoms. The maximum Gasteiger partial charge on any atom is 0.337 e. The van der Waals surface area contributed by atoms with Gasteiger partial charge in [-0.25, -0.2) is 9.18 Å². The first-order valence-electron chi connectivity index (χ1n) is 5.47. The van der Waals surface area contributed by atoms with Gasteiger partial charge in [0.05, 0.1) is 17.8 Å². The summed E-state index contributed by atoms with van der Waals surface area (Å²) in [7, 11) is 4.66. The van der Waals surface area contributed by atoms with Gasteiger partial charge in [0.25, 0.3) is 0 Å². The van der Waals surface area contributed by atoms with Crippen molar-refractivity contribution in [2.24, 2.45) is 0 Å². The number of nitrogen functional groups attached to an aromatic ring is 1. The highest BCUT2D eigenvalue weighted by Crippen LogP contribution is 2.24. The molecule has 19 heavy (non-hydrogen) atoms. The molecule has 3 N–H and O–H groups in total. The number of likely N-dealkylation sites (N-methyl/N-ethyl adjacent to an activating group) is 2. The monoisotopic (exact) mass is 269 g/mol. The maximum atomic E-state index is 13.8. The molecule has 0 aliphatic carbocycles. The average molecular weight is 269 g/mol. The molecule has 104 valence electrons. The van der Waals surface area contributed by atoms with Crippen LogP contribution in [-0.2, 0) is 4.79 Å². The lowest BCUT2D eigenvalue weighted by atomic mass is 10.1. The second-order valence-corrected chi connectivity index (χ2v) is 4.34. The lowest BCUT2D eigenvalue weighted by Crippen LogP contribution is -2.34. The summed E-state index contributed by atoms with van der Waals surface area (Å²) in [6.07, 6.45) is 0. The van der Waals surface area contributed by atoms with Gasteiger partial charge in [-0.05, 0) is 12.1 Å². The zero-order chi connectivity index (χ0) is 14.7. The van der Waals surface area contributed by atoms with Crippen LogP contribution in [0.1, 0.15) is 10.4 Å². The number of carboxylic acid groups (broad SMARTS) is 1. The number of rotatable bonds is 4. The van der Waals surface area contributed by atoms with E-state index in [0.717, 1.165) is 12.1 Å². The second kappa shape index (κ2) is 5.55. The summed E-state index contributed by atoms with van der Waals surface area (Å²) in [4.78, 5) is 25.2. The fraction of sp³-hybridized carbons (Fsp3) is 0.333. The molecule has 0 saturated heterocycles. The van der Waals surface area contributed by atoms with Crippen molar-refractivity contribution in [3.8, 4) is 0 Å². The standard InChI is InChI=1S/C12H16FN3O3/c1-15(2)11(17)6-16(3)10-4-7(12(18)19)9(14)5-8(10)13/h4-5H,6,14H2,1-3H3,(H,18,19). The van der Waals surface area contributed by atoms with Crippen molar-refractivity contribution in [1.29, 1.82) is 0 Å². The predicted octanol–water partition coefficient (Wildman–Crippen LogP) is 0.630. The fourth-order valence-electron chi connectivity index (χ4n) is 1.48. The van der Waals surface area contributed by atoms with Crippen molar-refractivity contribution in [2.75, 3.05) is 38.3 Å². The number of carbonyl (C=O) groups excluding carboxylic acids is 1. The summed E-state index contributed by atoms with van der Waals surface area (Å²) in [5.41, 5.74) is 5.10. The highest BCUT2D eigenvalue weighted by atomic mass is 19.1. The zero-order valence-corrected chi connectivity index (χ0v) is 11.0. The number of benzene rings is 1. The van der Waals surface area contributed by atoms with Crippen LogP contribution in [0, 0.1) is 5.82 Å². The van der Waals surface area contributed by atoms with Gasteiger partial charge >= 0.3 is 5.97 Å². The van der Waals surface area contributed by atoms with Crippen LogP contribution in [0.15, 0.2) is 12.1 Å². The van der Waals surface area contributed by atoms with Gasteiger partial charge in [-0.15, -0.1) is 0 Å². The van der Waals surface area contributed by atoms with Gasteiger partial charge in [0.1, 0.15) is 5.82 Å². The lowest BCUT2D eigenvalue weighted by molar-refractivity contribution is -0.127. The van der Waals surface area contributed by atoms with Crippen LogP contribution < -0.4 is 10.6 Å². The Morgan fingerprint density at radius 2 is 1.89 bits per heavy atom. The minimum Gasteiger partial charge on any atom is -0.478 e. The number of nitrogens with two attached hydrogens (primary N) is 1. The number of hydrogen-bond acceptors (Lipinski definition) is 4. The minimum absolute atomic E-state index is 0.0156. The molecule has 0 unspecified atom stereocenters. The van der Waals surface area contributed by atoms with Crippen molar-refractivity contribution in [3.05, 3.63) is 23.5 Å². The van der Waals surface area contributed by atoms with E-state index in [2.05, 4.69) is 0 Å². The molecule has 0 aromatic heterocycles. The third-order valence-electron chi connectivity index (χ3n) is 2.63. The molecule has 0 bridgehead atoms. The van der Waals surface area contributed by atoms with E-state index in [0.29, 0.717) is 0 Å². The molecule has 0 radical (unpaired) electrons. The van der Waals surface area contributed by atoms with Gasteiger partial charge in [0.15, 0.2) is 0 Å². The van der Waals surface area contributed by atoms with E-state index in [4.69, 9.17) is 10.8 Å². The maximum absolute atomic E-state index is 13.8. The number of anilines is 2. The molecule has 0 fully saturated rings. The fourth-order valence-corrected chi connectivity index (χ4v) is 1.48. The Kier molecular flexibility index (Phi) is 4.31. The lowest BCUT2D eigenvalue weighted by Gasteiger charge is -2.22. The van der Waals surface area contributed by atoms with Gasteiger partial charge < -0.3 is 20.6 Å². The first-order valence-corrected chi connectivity index (χ1v) is 5.47. The van der Waals surface area contributed by atoms with Crippen LogP contribution in [0.3, 0.4) is 0 Å². The number of carbonyl (C=O) groups is 2. The molecular formula is C12H16FN3O3. The van der Waals surface area contributed by atoms with Gasteiger partial charge in [0, 0.05) is 26.8 Å². The Hall–Kier alpha value is -2.31. The predicted molar refractivity (Wildman–Crippen MR) is 69.7 cm³/mol. The van der Waals surface area contributed by atoms with E-state index in [-0.39, 0.29) is 29.4 Å². The summed E-state index contributed by atoms with van der Waals surface area (Å²) >= 11 is 0. The van der Waals surface area contributed by atoms with Crippen molar-refractivity contribution < 1.29 is 19.1 Å². The van der Waals surface area contributed by atoms with Crippen LogP contribution in [-0.4, -0.2) is 49.6 Å². The molecule has 1 aromatic carbocycles. The van der Waals surface area contributed by atoms with Crippen LogP contribution >= 0.6 is 0 Å². The molecule has 1 amide bonds. The highest BCUT2D eigenvalue weighted by Gasteiger charge is 2.17. The van der Waals surface area contributed by atoms with E-state index >= 15 is 0 Å². The van der Waals surface area contributed by atoms with Crippen LogP contribution in [0.25, 0.3) is 0 Å². The summed E-state index contributed by atoms with van der Waals surface area (Å²) in [6.45, 7) is -0.0626. The molecule has 0 aliphatic rings. The number of halogens is 1. The molecule has 1 rings (SSSR count). The number of hydrogen-bond donors (Lipinski definition) is 2. The smallest absolute Gasteiger partial charge is 0.337 e. The SMILES string of the molecule is CN(C)C(=O)CN(C)c1cc(C(=O)O)c(N)cc1F. The Labute approximate surface area is 110 Å². The number of amides is 1. The van der Waals surface area contributed by atoms with E-state index in [1.54, 1.807) is 14.1 Å². The molecular weight excluding hydrogens is 253 g/mol. The Balaban J connectivity index is 3.09. The zero-order valence-electron chi connectivity index (χ0n) is 11.0. The van der Waals surface area contributed by atoms with Gasteiger partial charge in [0.2, 0.25) is 5.91 Å². The first kappa shape index (κ1) is 14.7. The molecule has 1 aromatic rings. The van der Waals surface area contributed by atoms with Gasteiger partial charge in [-0.1, -0.05) is 0 Å². The third kappa shape index (κ3) is 3.34. The highest BCUT2D eigenvalue weighted by molar-refractivity contribution is 5.95. The van der Waals surface area contributed by atoms with Crippen molar-refractivity contribution in [1.82, 2.24) is 4.90 Å². The Bertz CT molecular complexity index is 517. The van der Waals surface area contributed by atoms with E-state index in [9.17, 15) is 14.0 Å². The average Bonchev–Trinajstić information content (AvgIpc) is 2.27. The number of carboxylic acids is 1. The van der Waals surface area contributed by atoms with Crippen molar-refractivity contribution >= 4 is 23.3 Å². The largest absolute Gasteiger partial charge is 0.478 e. The van der Waals surface area contributed by atoms with Crippen LogP contribution in [0.4, 0.5) is 15.8 Å². The van der Waals surface area contributed by atoms with Crippen LogP contribution in [0.5, 0.6) is 0 Å². The number of nitrogens with zero attached hydrogens (tertiary/aromatic N) is 2. The van der Waals surface area contributed by atoms with Crippen LogP contribution in [0.2, 0.25) is 0 Å². The van der Waals surface area contributed by atoms with Gasteiger partial charge in [-0.3, -0.25) is 4.79 Å². The first-order chi connectivity index (χ1) is 8.73. The summed E-state index contributed by atoms with van der Waals surface area (Å²) in [5.74, 6) is -2.14. The molecule has 0 saturated carbocycles. The molecule has 0 heterocycles.